The van der Waals surface area contributed by atoms with Crippen molar-refractivity contribution in [3.05, 3.63) is 75.9 Å². The number of carbonyl (C=O) groups excluding carboxylic acids is 1. The van der Waals surface area contributed by atoms with Gasteiger partial charge in [0.05, 0.1) is 10.7 Å². The fourth-order valence-electron chi connectivity index (χ4n) is 4.98. The average Bonchev–Trinajstić information content (AvgIpc) is 3.52. The largest absolute Gasteiger partial charge is 0.357 e. The number of likely N-dealkylation sites (tertiary alicyclic amines) is 1. The molecule has 3 aromatic rings. The van der Waals surface area contributed by atoms with Gasteiger partial charge in [-0.2, -0.15) is 0 Å². The Balaban J connectivity index is 1.38. The Kier molecular flexibility index (Phi) is 5.48. The van der Waals surface area contributed by atoms with Crippen molar-refractivity contribution in [2.75, 3.05) is 31.1 Å². The highest BCUT2D eigenvalue weighted by Gasteiger charge is 2.40. The van der Waals surface area contributed by atoms with Gasteiger partial charge in [-0.3, -0.25) is 4.79 Å². The highest BCUT2D eigenvalue weighted by atomic mass is 32.1. The van der Waals surface area contributed by atoms with Crippen molar-refractivity contribution in [2.24, 2.45) is 0 Å². The molecule has 5 rings (SSSR count). The van der Waals surface area contributed by atoms with E-state index >= 15 is 0 Å². The number of aromatic nitrogens is 2. The number of amides is 1. The van der Waals surface area contributed by atoms with Gasteiger partial charge in [-0.1, -0.05) is 30.3 Å². The molecule has 0 saturated carbocycles. The summed E-state index contributed by atoms with van der Waals surface area (Å²) in [5.41, 5.74) is 3.21. The zero-order valence-corrected chi connectivity index (χ0v) is 18.8. The van der Waals surface area contributed by atoms with Crippen molar-refractivity contribution in [3.63, 3.8) is 0 Å². The molecule has 4 heterocycles. The Hall–Kier alpha value is -2.73. The first-order valence-corrected chi connectivity index (χ1v) is 12.0. The van der Waals surface area contributed by atoms with Gasteiger partial charge in [-0.05, 0) is 50.3 Å². The van der Waals surface area contributed by atoms with Crippen molar-refractivity contribution < 1.29 is 4.79 Å². The maximum atomic E-state index is 12.8. The summed E-state index contributed by atoms with van der Waals surface area (Å²) < 4.78 is 0. The lowest BCUT2D eigenvalue weighted by Crippen LogP contribution is -2.44. The van der Waals surface area contributed by atoms with Crippen LogP contribution >= 0.6 is 11.3 Å². The van der Waals surface area contributed by atoms with E-state index in [1.54, 1.807) is 17.5 Å². The molecule has 2 saturated heterocycles. The summed E-state index contributed by atoms with van der Waals surface area (Å²) in [7, 11) is 0. The number of rotatable bonds is 4. The number of anilines is 1. The summed E-state index contributed by atoms with van der Waals surface area (Å²) in [5, 5.41) is 3.34. The highest BCUT2D eigenvalue weighted by molar-refractivity contribution is 7.09. The minimum Gasteiger partial charge on any atom is -0.357 e. The molecule has 0 bridgehead atoms. The third-order valence-corrected chi connectivity index (χ3v) is 7.54. The number of aryl methyl sites for hydroxylation is 1. The maximum absolute atomic E-state index is 12.8. The van der Waals surface area contributed by atoms with E-state index in [9.17, 15) is 4.79 Å². The molecule has 2 aliphatic rings. The molecule has 0 atom stereocenters. The van der Waals surface area contributed by atoms with E-state index in [1.807, 2.05) is 17.0 Å². The normalized spacial score (nSPS) is 18.4. The summed E-state index contributed by atoms with van der Waals surface area (Å²) in [6, 6.07) is 14.6. The number of benzene rings is 1. The smallest absolute Gasteiger partial charge is 0.254 e. The number of hydrogen-bond acceptors (Lipinski definition) is 5. The minimum absolute atomic E-state index is 0.0640. The minimum atomic E-state index is -0.0640. The number of hydrogen-bond donors (Lipinski definition) is 0. The highest BCUT2D eigenvalue weighted by Crippen LogP contribution is 2.42. The van der Waals surface area contributed by atoms with E-state index < -0.39 is 0 Å². The lowest BCUT2D eigenvalue weighted by atomic mass is 9.70. The van der Waals surface area contributed by atoms with Crippen LogP contribution in [0, 0.1) is 6.92 Å². The lowest BCUT2D eigenvalue weighted by Gasteiger charge is -2.42. The second kappa shape index (κ2) is 8.42. The van der Waals surface area contributed by atoms with E-state index in [4.69, 9.17) is 4.98 Å². The monoisotopic (exact) mass is 432 g/mol. The molecule has 0 radical (unpaired) electrons. The Bertz CT molecular complexity index is 1050. The van der Waals surface area contributed by atoms with Crippen LogP contribution in [0.5, 0.6) is 0 Å². The van der Waals surface area contributed by atoms with Gasteiger partial charge in [0.25, 0.3) is 5.91 Å². The van der Waals surface area contributed by atoms with Crippen molar-refractivity contribution in [1.82, 2.24) is 14.9 Å². The van der Waals surface area contributed by atoms with Gasteiger partial charge >= 0.3 is 0 Å². The first-order chi connectivity index (χ1) is 15.2. The Morgan fingerprint density at radius 1 is 1.03 bits per heavy atom. The molecule has 2 aromatic heterocycles. The van der Waals surface area contributed by atoms with Crippen LogP contribution in [-0.2, 0) is 5.41 Å². The molecule has 6 heteroatoms. The SMILES string of the molecule is Cc1nc(C2(c3ccccc3)CCN(c3cc(C(=O)N4CCCC4)ccn3)CC2)cs1. The average molecular weight is 433 g/mol. The van der Waals surface area contributed by atoms with Crippen LogP contribution in [0.1, 0.15) is 52.3 Å². The standard InChI is InChI=1S/C25H28N4OS/c1-19-27-22(18-31-19)25(21-7-3-2-4-8-21)10-15-28(16-11-25)23-17-20(9-12-26-23)24(30)29-13-5-6-14-29/h2-4,7-9,12,17-18H,5-6,10-11,13-16H2,1H3. The van der Waals surface area contributed by atoms with E-state index in [0.29, 0.717) is 0 Å². The molecular formula is C25H28N4OS. The number of nitrogens with zero attached hydrogens (tertiary/aromatic N) is 4. The number of thiazole rings is 1. The van der Waals surface area contributed by atoms with Crippen LogP contribution in [-0.4, -0.2) is 47.0 Å². The van der Waals surface area contributed by atoms with Gasteiger partial charge in [-0.25, -0.2) is 9.97 Å². The lowest BCUT2D eigenvalue weighted by molar-refractivity contribution is 0.0792. The predicted molar refractivity (Wildman–Crippen MR) is 125 cm³/mol. The second-order valence-corrected chi connectivity index (χ2v) is 9.65. The third-order valence-electron chi connectivity index (χ3n) is 6.76. The zero-order valence-electron chi connectivity index (χ0n) is 18.0. The van der Waals surface area contributed by atoms with Crippen LogP contribution in [0.2, 0.25) is 0 Å². The summed E-state index contributed by atoms with van der Waals surface area (Å²) in [6.07, 6.45) is 5.95. The zero-order chi connectivity index (χ0) is 21.3. The van der Waals surface area contributed by atoms with E-state index in [-0.39, 0.29) is 11.3 Å². The molecule has 160 valence electrons. The summed E-state index contributed by atoms with van der Waals surface area (Å²) in [6.45, 7) is 5.59. The molecule has 5 nitrogen and oxygen atoms in total. The topological polar surface area (TPSA) is 49.3 Å². The second-order valence-electron chi connectivity index (χ2n) is 8.59. The summed E-state index contributed by atoms with van der Waals surface area (Å²) in [5.74, 6) is 1.04. The van der Waals surface area contributed by atoms with Crippen molar-refractivity contribution in [2.45, 2.75) is 38.0 Å². The molecule has 0 spiro atoms. The maximum Gasteiger partial charge on any atom is 0.254 e. The van der Waals surface area contributed by atoms with Crippen LogP contribution in [0.4, 0.5) is 5.82 Å². The van der Waals surface area contributed by atoms with Crippen LogP contribution in [0.25, 0.3) is 0 Å². The molecule has 2 aliphatic heterocycles. The fourth-order valence-corrected chi connectivity index (χ4v) is 5.69. The van der Waals surface area contributed by atoms with E-state index in [1.165, 1.54) is 11.3 Å². The van der Waals surface area contributed by atoms with Crippen LogP contribution < -0.4 is 4.90 Å². The Labute approximate surface area is 187 Å². The van der Waals surface area contributed by atoms with Gasteiger partial charge in [0.15, 0.2) is 0 Å². The van der Waals surface area contributed by atoms with Gasteiger partial charge in [0, 0.05) is 48.7 Å². The molecule has 2 fully saturated rings. The van der Waals surface area contributed by atoms with Gasteiger partial charge < -0.3 is 9.80 Å². The molecule has 1 amide bonds. The van der Waals surface area contributed by atoms with Crippen LogP contribution in [0.15, 0.2) is 54.0 Å². The molecule has 0 N–H and O–H groups in total. The van der Waals surface area contributed by atoms with Crippen molar-refractivity contribution >= 4 is 23.1 Å². The first kappa shape index (κ1) is 20.2. The first-order valence-electron chi connectivity index (χ1n) is 11.1. The van der Waals surface area contributed by atoms with Gasteiger partial charge in [0.1, 0.15) is 5.82 Å². The summed E-state index contributed by atoms with van der Waals surface area (Å²) in [4.78, 5) is 26.6. The molecular weight excluding hydrogens is 404 g/mol. The Morgan fingerprint density at radius 3 is 2.45 bits per heavy atom. The molecule has 31 heavy (non-hydrogen) atoms. The quantitative estimate of drug-likeness (QED) is 0.601. The number of pyridine rings is 1. The van der Waals surface area contributed by atoms with Crippen molar-refractivity contribution in [1.29, 1.82) is 0 Å². The van der Waals surface area contributed by atoms with E-state index in [0.717, 1.165) is 68.3 Å². The fraction of sp³-hybridized carbons (Fsp3) is 0.400. The third kappa shape index (κ3) is 3.85. The molecule has 0 unspecified atom stereocenters. The number of carbonyl (C=O) groups is 1. The molecule has 1 aromatic carbocycles. The summed E-state index contributed by atoms with van der Waals surface area (Å²) >= 11 is 1.73. The van der Waals surface area contributed by atoms with Gasteiger partial charge in [-0.15, -0.1) is 11.3 Å². The van der Waals surface area contributed by atoms with Crippen LogP contribution in [0.3, 0.4) is 0 Å². The predicted octanol–water partition coefficient (Wildman–Crippen LogP) is 4.67. The van der Waals surface area contributed by atoms with E-state index in [2.05, 4.69) is 52.5 Å². The number of piperidine rings is 1. The van der Waals surface area contributed by atoms with Gasteiger partial charge in [0.2, 0.25) is 0 Å². The van der Waals surface area contributed by atoms with Crippen molar-refractivity contribution in [3.8, 4) is 0 Å². The molecule has 0 aliphatic carbocycles. The Morgan fingerprint density at radius 2 is 1.77 bits per heavy atom.